The first kappa shape index (κ1) is 17.7. The zero-order valence-corrected chi connectivity index (χ0v) is 14.9. The molecule has 25 heavy (non-hydrogen) atoms. The number of fused-ring (bicyclic) bond motifs is 1. The molecule has 0 aliphatic heterocycles. The van der Waals surface area contributed by atoms with Crippen molar-refractivity contribution in [2.75, 3.05) is 27.3 Å². The van der Waals surface area contributed by atoms with Gasteiger partial charge in [-0.15, -0.1) is 0 Å². The number of amides is 2. The van der Waals surface area contributed by atoms with Crippen molar-refractivity contribution in [3.8, 4) is 0 Å². The topological polar surface area (TPSA) is 57.4 Å². The standard InChI is InChI=1S/C19H26FN3O2/c1-23(11-16-10-14-9-15(20)5-6-17(14)22-16)18(24)21-12-19(13-25-2)7-3-4-8-19/h5-6,9-10,22H,3-4,7-8,11-13H2,1-2H3,(H,21,24). The van der Waals surface area contributed by atoms with Crippen LogP contribution in [0.4, 0.5) is 9.18 Å². The Kier molecular flexibility index (Phi) is 5.27. The lowest BCUT2D eigenvalue weighted by molar-refractivity contribution is 0.0829. The summed E-state index contributed by atoms with van der Waals surface area (Å²) in [7, 11) is 3.48. The van der Waals surface area contributed by atoms with Crippen LogP contribution < -0.4 is 5.32 Å². The Bertz CT molecular complexity index is 737. The maximum atomic E-state index is 13.3. The van der Waals surface area contributed by atoms with Crippen LogP contribution in [0.5, 0.6) is 0 Å². The molecule has 6 heteroatoms. The molecule has 2 N–H and O–H groups in total. The van der Waals surface area contributed by atoms with Gasteiger partial charge in [-0.2, -0.15) is 0 Å². The number of hydrogen-bond donors (Lipinski definition) is 2. The van der Waals surface area contributed by atoms with Gasteiger partial charge in [0.15, 0.2) is 0 Å². The van der Waals surface area contributed by atoms with Crippen LogP contribution in [-0.4, -0.2) is 43.2 Å². The highest BCUT2D eigenvalue weighted by Crippen LogP contribution is 2.37. The van der Waals surface area contributed by atoms with Gasteiger partial charge < -0.3 is 19.9 Å². The number of hydrogen-bond acceptors (Lipinski definition) is 2. The van der Waals surface area contributed by atoms with Crippen LogP contribution in [0, 0.1) is 11.2 Å². The second-order valence-electron chi connectivity index (χ2n) is 7.18. The number of urea groups is 1. The van der Waals surface area contributed by atoms with E-state index in [9.17, 15) is 9.18 Å². The molecule has 2 aromatic rings. The average molecular weight is 347 g/mol. The number of H-pyrrole nitrogens is 1. The summed E-state index contributed by atoms with van der Waals surface area (Å²) >= 11 is 0. The molecule has 1 aliphatic carbocycles. The van der Waals surface area contributed by atoms with Gasteiger partial charge in [0, 0.05) is 42.7 Å². The maximum Gasteiger partial charge on any atom is 0.317 e. The molecule has 1 fully saturated rings. The van der Waals surface area contributed by atoms with Gasteiger partial charge >= 0.3 is 6.03 Å². The molecule has 0 atom stereocenters. The molecule has 1 heterocycles. The maximum absolute atomic E-state index is 13.3. The summed E-state index contributed by atoms with van der Waals surface area (Å²) in [5, 5.41) is 3.86. The Hall–Kier alpha value is -2.08. The molecule has 1 aromatic heterocycles. The van der Waals surface area contributed by atoms with Crippen LogP contribution in [0.2, 0.25) is 0 Å². The third-order valence-electron chi connectivity index (χ3n) is 5.12. The van der Waals surface area contributed by atoms with Gasteiger partial charge in [-0.3, -0.25) is 0 Å². The van der Waals surface area contributed by atoms with Gasteiger partial charge in [0.1, 0.15) is 5.82 Å². The average Bonchev–Trinajstić information content (AvgIpc) is 3.19. The second kappa shape index (κ2) is 7.44. The number of aromatic amines is 1. The van der Waals surface area contributed by atoms with Crippen molar-refractivity contribution < 1.29 is 13.9 Å². The number of carbonyl (C=O) groups is 1. The minimum atomic E-state index is -0.260. The molecular formula is C19H26FN3O2. The highest BCUT2D eigenvalue weighted by atomic mass is 19.1. The Morgan fingerprint density at radius 1 is 1.36 bits per heavy atom. The van der Waals surface area contributed by atoms with Crippen molar-refractivity contribution in [1.82, 2.24) is 15.2 Å². The molecule has 0 radical (unpaired) electrons. The van der Waals surface area contributed by atoms with Gasteiger partial charge in [-0.05, 0) is 37.1 Å². The molecule has 0 bridgehead atoms. The molecule has 1 aliphatic rings. The summed E-state index contributed by atoms with van der Waals surface area (Å²) in [6.07, 6.45) is 4.58. The third kappa shape index (κ3) is 4.12. The fraction of sp³-hybridized carbons (Fsp3) is 0.526. The molecular weight excluding hydrogens is 321 g/mol. The lowest BCUT2D eigenvalue weighted by Crippen LogP contribution is -2.44. The summed E-state index contributed by atoms with van der Waals surface area (Å²) in [5.74, 6) is -0.260. The number of nitrogens with one attached hydrogen (secondary N) is 2. The highest BCUT2D eigenvalue weighted by Gasteiger charge is 2.34. The normalized spacial score (nSPS) is 16.3. The van der Waals surface area contributed by atoms with Crippen molar-refractivity contribution in [3.63, 3.8) is 0 Å². The lowest BCUT2D eigenvalue weighted by atomic mass is 9.87. The van der Waals surface area contributed by atoms with E-state index < -0.39 is 0 Å². The van der Waals surface area contributed by atoms with E-state index in [1.807, 2.05) is 6.07 Å². The van der Waals surface area contributed by atoms with E-state index in [4.69, 9.17) is 4.74 Å². The quantitative estimate of drug-likeness (QED) is 0.838. The monoisotopic (exact) mass is 347 g/mol. The number of nitrogens with zero attached hydrogens (tertiary/aromatic N) is 1. The fourth-order valence-corrected chi connectivity index (χ4v) is 3.78. The molecule has 1 saturated carbocycles. The Morgan fingerprint density at radius 3 is 2.84 bits per heavy atom. The first-order chi connectivity index (χ1) is 12.0. The van der Waals surface area contributed by atoms with Crippen molar-refractivity contribution in [2.24, 2.45) is 5.41 Å². The van der Waals surface area contributed by atoms with E-state index >= 15 is 0 Å². The SMILES string of the molecule is COCC1(CNC(=O)N(C)Cc2cc3cc(F)ccc3[nH]2)CCCC1. The Labute approximate surface area is 147 Å². The van der Waals surface area contributed by atoms with E-state index in [1.54, 1.807) is 25.1 Å². The van der Waals surface area contributed by atoms with Crippen molar-refractivity contribution >= 4 is 16.9 Å². The molecule has 0 saturated heterocycles. The number of benzene rings is 1. The number of halogens is 1. The summed E-state index contributed by atoms with van der Waals surface area (Å²) in [4.78, 5) is 17.3. The molecule has 0 unspecified atom stereocenters. The van der Waals surface area contributed by atoms with Crippen LogP contribution in [-0.2, 0) is 11.3 Å². The van der Waals surface area contributed by atoms with Crippen molar-refractivity contribution in [3.05, 3.63) is 35.8 Å². The number of methoxy groups -OCH3 is 1. The van der Waals surface area contributed by atoms with Crippen molar-refractivity contribution in [2.45, 2.75) is 32.2 Å². The molecule has 1 aromatic carbocycles. The van der Waals surface area contributed by atoms with Crippen LogP contribution in [0.25, 0.3) is 10.9 Å². The van der Waals surface area contributed by atoms with Gasteiger partial charge in [-0.1, -0.05) is 12.8 Å². The first-order valence-corrected chi connectivity index (χ1v) is 8.76. The number of aromatic nitrogens is 1. The predicted molar refractivity (Wildman–Crippen MR) is 95.9 cm³/mol. The number of carbonyl (C=O) groups excluding carboxylic acids is 1. The first-order valence-electron chi connectivity index (χ1n) is 8.76. The Balaban J connectivity index is 1.58. The molecule has 136 valence electrons. The fourth-order valence-electron chi connectivity index (χ4n) is 3.78. The molecule has 5 nitrogen and oxygen atoms in total. The summed E-state index contributed by atoms with van der Waals surface area (Å²) in [6, 6.07) is 6.40. The summed E-state index contributed by atoms with van der Waals surface area (Å²) < 4.78 is 18.6. The molecule has 3 rings (SSSR count). The van der Waals surface area contributed by atoms with E-state index in [0.29, 0.717) is 19.7 Å². The van der Waals surface area contributed by atoms with Gasteiger partial charge in [0.25, 0.3) is 0 Å². The highest BCUT2D eigenvalue weighted by molar-refractivity contribution is 5.80. The molecule has 2 amide bonds. The van der Waals surface area contributed by atoms with Crippen LogP contribution in [0.1, 0.15) is 31.4 Å². The van der Waals surface area contributed by atoms with Crippen LogP contribution >= 0.6 is 0 Å². The summed E-state index contributed by atoms with van der Waals surface area (Å²) in [5.41, 5.74) is 1.82. The molecule has 0 spiro atoms. The zero-order valence-electron chi connectivity index (χ0n) is 14.9. The van der Waals surface area contributed by atoms with Gasteiger partial charge in [-0.25, -0.2) is 9.18 Å². The van der Waals surface area contributed by atoms with E-state index in [2.05, 4.69) is 10.3 Å². The smallest absolute Gasteiger partial charge is 0.317 e. The lowest BCUT2D eigenvalue weighted by Gasteiger charge is -2.29. The largest absolute Gasteiger partial charge is 0.384 e. The van der Waals surface area contributed by atoms with Crippen molar-refractivity contribution in [1.29, 1.82) is 0 Å². The summed E-state index contributed by atoms with van der Waals surface area (Å²) in [6.45, 7) is 1.77. The van der Waals surface area contributed by atoms with Crippen LogP contribution in [0.15, 0.2) is 24.3 Å². The van der Waals surface area contributed by atoms with E-state index in [0.717, 1.165) is 29.4 Å². The van der Waals surface area contributed by atoms with Gasteiger partial charge in [0.05, 0.1) is 13.2 Å². The number of rotatable bonds is 6. The zero-order chi connectivity index (χ0) is 17.9. The Morgan fingerprint density at radius 2 is 2.12 bits per heavy atom. The van der Waals surface area contributed by atoms with E-state index in [1.165, 1.54) is 25.0 Å². The predicted octanol–water partition coefficient (Wildman–Crippen LogP) is 3.66. The second-order valence-corrected chi connectivity index (χ2v) is 7.18. The minimum absolute atomic E-state index is 0.0733. The van der Waals surface area contributed by atoms with Gasteiger partial charge in [0.2, 0.25) is 0 Å². The van der Waals surface area contributed by atoms with E-state index in [-0.39, 0.29) is 17.3 Å². The number of ether oxygens (including phenoxy) is 1. The third-order valence-corrected chi connectivity index (χ3v) is 5.12. The van der Waals surface area contributed by atoms with Crippen LogP contribution in [0.3, 0.4) is 0 Å². The minimum Gasteiger partial charge on any atom is -0.384 e.